The maximum Gasteiger partial charge on any atom is 0.335 e. The van der Waals surface area contributed by atoms with E-state index in [0.717, 1.165) is 0 Å². The fourth-order valence-electron chi connectivity index (χ4n) is 2.23. The Labute approximate surface area is 129 Å². The number of hydrogen-bond acceptors (Lipinski definition) is 3. The van der Waals surface area contributed by atoms with Crippen LogP contribution in [0.25, 0.3) is 0 Å². The molecule has 22 heavy (non-hydrogen) atoms. The van der Waals surface area contributed by atoms with E-state index < -0.39 is 5.97 Å². The van der Waals surface area contributed by atoms with Gasteiger partial charge >= 0.3 is 5.97 Å². The molecule has 0 radical (unpaired) electrons. The van der Waals surface area contributed by atoms with Crippen molar-refractivity contribution in [2.45, 2.75) is 13.3 Å². The Morgan fingerprint density at radius 3 is 2.41 bits per heavy atom. The number of carbonyl (C=O) groups is 2. The van der Waals surface area contributed by atoms with Crippen molar-refractivity contribution in [2.24, 2.45) is 0 Å². The lowest BCUT2D eigenvalue weighted by Gasteiger charge is -2.09. The fourth-order valence-corrected chi connectivity index (χ4v) is 2.23. The van der Waals surface area contributed by atoms with Gasteiger partial charge in [0.15, 0.2) is 5.78 Å². The summed E-state index contributed by atoms with van der Waals surface area (Å²) in [6.07, 6.45) is 0.464. The zero-order chi connectivity index (χ0) is 15.9. The maximum absolute atomic E-state index is 12.4. The Morgan fingerprint density at radius 2 is 1.77 bits per heavy atom. The van der Waals surface area contributed by atoms with Gasteiger partial charge in [0.1, 0.15) is 0 Å². The van der Waals surface area contributed by atoms with Gasteiger partial charge in [0.2, 0.25) is 0 Å². The zero-order valence-electron chi connectivity index (χ0n) is 12.4. The van der Waals surface area contributed by atoms with Crippen molar-refractivity contribution in [3.63, 3.8) is 0 Å². The lowest BCUT2D eigenvalue weighted by atomic mass is 9.97. The molecular weight excluding hydrogens is 280 g/mol. The van der Waals surface area contributed by atoms with Crippen LogP contribution in [0.15, 0.2) is 48.5 Å². The molecule has 0 heterocycles. The molecule has 2 aromatic carbocycles. The topological polar surface area (TPSA) is 63.6 Å². The average Bonchev–Trinajstić information content (AvgIpc) is 2.55. The highest BCUT2D eigenvalue weighted by Crippen LogP contribution is 2.17. The van der Waals surface area contributed by atoms with Crippen LogP contribution in [0.4, 0.5) is 0 Å². The van der Waals surface area contributed by atoms with Gasteiger partial charge in [0.05, 0.1) is 12.2 Å². The summed E-state index contributed by atoms with van der Waals surface area (Å²) < 4.78 is 5.28. The highest BCUT2D eigenvalue weighted by atomic mass is 16.5. The number of carboxylic acid groups (broad SMARTS) is 1. The molecule has 0 bridgehead atoms. The molecule has 114 valence electrons. The van der Waals surface area contributed by atoms with Crippen LogP contribution in [0.5, 0.6) is 0 Å². The van der Waals surface area contributed by atoms with E-state index in [4.69, 9.17) is 4.74 Å². The second-order valence-electron chi connectivity index (χ2n) is 4.82. The third-order valence-electron chi connectivity index (χ3n) is 3.35. The minimum Gasteiger partial charge on any atom is -0.478 e. The Balaban J connectivity index is 2.31. The highest BCUT2D eigenvalue weighted by Gasteiger charge is 2.15. The number of hydrogen-bond donors (Lipinski definition) is 1. The highest BCUT2D eigenvalue weighted by molar-refractivity contribution is 6.09. The van der Waals surface area contributed by atoms with Gasteiger partial charge in [0.25, 0.3) is 0 Å². The van der Waals surface area contributed by atoms with E-state index in [2.05, 4.69) is 0 Å². The van der Waals surface area contributed by atoms with Crippen LogP contribution in [0.1, 0.15) is 38.8 Å². The van der Waals surface area contributed by atoms with E-state index >= 15 is 0 Å². The molecule has 0 unspecified atom stereocenters. The molecule has 0 saturated heterocycles. The maximum atomic E-state index is 12.4. The lowest BCUT2D eigenvalue weighted by Crippen LogP contribution is -2.09. The average molecular weight is 298 g/mol. The second kappa shape index (κ2) is 7.52. The van der Waals surface area contributed by atoms with E-state index in [0.29, 0.717) is 36.3 Å². The van der Waals surface area contributed by atoms with E-state index in [9.17, 15) is 14.7 Å². The summed E-state index contributed by atoms with van der Waals surface area (Å²) in [5.74, 6) is -1.11. The molecule has 0 amide bonds. The summed E-state index contributed by atoms with van der Waals surface area (Å²) in [5, 5.41) is 9.24. The number of rotatable bonds is 7. The Kier molecular flexibility index (Phi) is 5.44. The summed E-state index contributed by atoms with van der Waals surface area (Å²) in [4.78, 5) is 23.7. The van der Waals surface area contributed by atoms with Gasteiger partial charge in [-0.1, -0.05) is 36.4 Å². The first kappa shape index (κ1) is 15.9. The lowest BCUT2D eigenvalue weighted by molar-refractivity contribution is 0.0694. The van der Waals surface area contributed by atoms with Crippen LogP contribution in [0, 0.1) is 0 Å². The van der Waals surface area contributed by atoms with Gasteiger partial charge in [-0.2, -0.15) is 0 Å². The van der Waals surface area contributed by atoms with E-state index in [1.807, 2.05) is 13.0 Å². The third kappa shape index (κ3) is 3.80. The smallest absolute Gasteiger partial charge is 0.335 e. The van der Waals surface area contributed by atoms with Crippen molar-refractivity contribution in [1.29, 1.82) is 0 Å². The van der Waals surface area contributed by atoms with Crippen LogP contribution in [0.3, 0.4) is 0 Å². The second-order valence-corrected chi connectivity index (χ2v) is 4.82. The van der Waals surface area contributed by atoms with Gasteiger partial charge in [-0.25, -0.2) is 4.79 Å². The molecule has 2 aromatic rings. The summed E-state index contributed by atoms with van der Waals surface area (Å²) in [6, 6.07) is 13.6. The molecule has 2 rings (SSSR count). The monoisotopic (exact) mass is 298 g/mol. The molecule has 0 saturated carbocycles. The number of carboxylic acids is 1. The van der Waals surface area contributed by atoms with Crippen molar-refractivity contribution in [1.82, 2.24) is 0 Å². The predicted molar refractivity (Wildman–Crippen MR) is 83.5 cm³/mol. The molecule has 0 aliphatic carbocycles. The molecule has 0 fully saturated rings. The number of ether oxygens (including phenoxy) is 1. The Hall–Kier alpha value is -2.46. The molecular formula is C18H18O4. The van der Waals surface area contributed by atoms with Crippen LogP contribution in [0.2, 0.25) is 0 Å². The quantitative estimate of drug-likeness (QED) is 0.630. The van der Waals surface area contributed by atoms with Gasteiger partial charge in [-0.15, -0.1) is 0 Å². The van der Waals surface area contributed by atoms with Crippen LogP contribution < -0.4 is 0 Å². The molecule has 4 nitrogen and oxygen atoms in total. The molecule has 0 spiro atoms. The van der Waals surface area contributed by atoms with Gasteiger partial charge in [-0.05, 0) is 31.0 Å². The normalized spacial score (nSPS) is 10.4. The molecule has 4 heteroatoms. The van der Waals surface area contributed by atoms with Crippen molar-refractivity contribution in [3.05, 3.63) is 70.8 Å². The summed E-state index contributed by atoms with van der Waals surface area (Å²) in [5.41, 5.74) is 1.90. The van der Waals surface area contributed by atoms with Gasteiger partial charge in [-0.3, -0.25) is 4.79 Å². The molecule has 0 aromatic heterocycles. The number of aromatic carboxylic acids is 1. The number of ketones is 1. The van der Waals surface area contributed by atoms with Crippen molar-refractivity contribution >= 4 is 11.8 Å². The zero-order valence-corrected chi connectivity index (χ0v) is 12.4. The summed E-state index contributed by atoms with van der Waals surface area (Å²) in [6.45, 7) is 2.89. The summed E-state index contributed by atoms with van der Waals surface area (Å²) >= 11 is 0. The minimum atomic E-state index is -0.995. The van der Waals surface area contributed by atoms with Crippen molar-refractivity contribution in [3.8, 4) is 0 Å². The van der Waals surface area contributed by atoms with Crippen molar-refractivity contribution < 1.29 is 19.4 Å². The first-order valence-electron chi connectivity index (χ1n) is 7.17. The number of carbonyl (C=O) groups excluding carboxylic acids is 1. The summed E-state index contributed by atoms with van der Waals surface area (Å²) in [7, 11) is 0. The first-order valence-corrected chi connectivity index (χ1v) is 7.17. The van der Waals surface area contributed by atoms with E-state index in [1.165, 1.54) is 6.07 Å². The number of benzene rings is 2. The third-order valence-corrected chi connectivity index (χ3v) is 3.35. The first-order chi connectivity index (χ1) is 10.6. The molecule has 0 aliphatic heterocycles. The Morgan fingerprint density at radius 1 is 1.05 bits per heavy atom. The van der Waals surface area contributed by atoms with Crippen molar-refractivity contribution in [2.75, 3.05) is 13.2 Å². The largest absolute Gasteiger partial charge is 0.478 e. The van der Waals surface area contributed by atoms with Crippen LogP contribution in [-0.2, 0) is 11.2 Å². The van der Waals surface area contributed by atoms with Crippen LogP contribution >= 0.6 is 0 Å². The van der Waals surface area contributed by atoms with E-state index in [-0.39, 0.29) is 11.3 Å². The van der Waals surface area contributed by atoms with Gasteiger partial charge < -0.3 is 9.84 Å². The fraction of sp³-hybridized carbons (Fsp3) is 0.222. The minimum absolute atomic E-state index is 0.116. The van der Waals surface area contributed by atoms with Crippen LogP contribution in [-0.4, -0.2) is 30.1 Å². The molecule has 0 aliphatic rings. The molecule has 1 N–H and O–H groups in total. The molecule has 0 atom stereocenters. The standard InChI is InChI=1S/C18H18O4/c1-2-22-11-10-14-12-15(8-9-16(14)18(20)21)17(19)13-6-4-3-5-7-13/h3-9,12H,2,10-11H2,1H3,(H,20,21). The van der Waals surface area contributed by atoms with Gasteiger partial charge in [0, 0.05) is 17.7 Å². The van der Waals surface area contributed by atoms with E-state index in [1.54, 1.807) is 36.4 Å². The predicted octanol–water partition coefficient (Wildman–Crippen LogP) is 3.19. The SMILES string of the molecule is CCOCCc1cc(C(=O)c2ccccc2)ccc1C(=O)O. The Bertz CT molecular complexity index is 662.